The van der Waals surface area contributed by atoms with Gasteiger partial charge in [-0.1, -0.05) is 36.8 Å². The zero-order chi connectivity index (χ0) is 14.5. The number of carboxylic acids is 1. The molecule has 0 fully saturated rings. The average Bonchev–Trinajstić information content (AvgIpc) is 2.87. The van der Waals surface area contributed by atoms with Gasteiger partial charge in [-0.3, -0.25) is 10.1 Å². The van der Waals surface area contributed by atoms with Gasteiger partial charge in [0, 0.05) is 17.6 Å². The maximum Gasteiger partial charge on any atom is 0.325 e. The number of nitrogens with zero attached hydrogens (tertiary/aromatic N) is 1. The van der Waals surface area contributed by atoms with Crippen LogP contribution >= 0.6 is 11.3 Å². The smallest absolute Gasteiger partial charge is 0.325 e. The standard InChI is InChI=1S/C15H18N2O2S/c1-3-13-16-8-12(20-13)9-17-14(15(18)19)11-6-4-5-10(2)7-11/h4-8,14,17H,3,9H2,1-2H3,(H,18,19). The Morgan fingerprint density at radius 3 is 2.90 bits per heavy atom. The molecule has 2 rings (SSSR count). The number of aromatic nitrogens is 1. The fourth-order valence-electron chi connectivity index (χ4n) is 1.99. The van der Waals surface area contributed by atoms with Crippen molar-refractivity contribution in [3.8, 4) is 0 Å². The van der Waals surface area contributed by atoms with Gasteiger partial charge in [0.15, 0.2) is 0 Å². The molecule has 4 nitrogen and oxygen atoms in total. The quantitative estimate of drug-likeness (QED) is 0.858. The number of rotatable bonds is 6. The molecule has 106 valence electrons. The van der Waals surface area contributed by atoms with E-state index in [-0.39, 0.29) is 0 Å². The maximum absolute atomic E-state index is 11.4. The van der Waals surface area contributed by atoms with Crippen molar-refractivity contribution in [1.29, 1.82) is 0 Å². The van der Waals surface area contributed by atoms with E-state index in [1.165, 1.54) is 0 Å². The molecule has 0 aliphatic heterocycles. The largest absolute Gasteiger partial charge is 0.480 e. The predicted molar refractivity (Wildman–Crippen MR) is 79.9 cm³/mol. The average molecular weight is 290 g/mol. The lowest BCUT2D eigenvalue weighted by molar-refractivity contribution is -0.139. The maximum atomic E-state index is 11.4. The monoisotopic (exact) mass is 290 g/mol. The first-order chi connectivity index (χ1) is 9.60. The van der Waals surface area contributed by atoms with Gasteiger partial charge in [-0.2, -0.15) is 0 Å². The lowest BCUT2D eigenvalue weighted by atomic mass is 10.0. The Bertz CT molecular complexity index is 595. The van der Waals surface area contributed by atoms with Crippen LogP contribution in [0.2, 0.25) is 0 Å². The molecule has 0 saturated carbocycles. The first-order valence-electron chi connectivity index (χ1n) is 6.56. The first kappa shape index (κ1) is 14.7. The summed E-state index contributed by atoms with van der Waals surface area (Å²) in [6.45, 7) is 4.53. The number of thiazole rings is 1. The molecule has 1 aromatic carbocycles. The number of hydrogen-bond acceptors (Lipinski definition) is 4. The molecule has 1 unspecified atom stereocenters. The van der Waals surface area contributed by atoms with Crippen molar-refractivity contribution in [2.45, 2.75) is 32.9 Å². The van der Waals surface area contributed by atoms with E-state index in [0.29, 0.717) is 6.54 Å². The number of aliphatic carboxylic acids is 1. The van der Waals surface area contributed by atoms with Crippen LogP contribution in [0.15, 0.2) is 30.5 Å². The Labute approximate surface area is 122 Å². The summed E-state index contributed by atoms with van der Waals surface area (Å²) in [7, 11) is 0. The Kier molecular flexibility index (Phi) is 4.87. The van der Waals surface area contributed by atoms with E-state index in [1.807, 2.05) is 37.4 Å². The molecule has 1 aromatic heterocycles. The van der Waals surface area contributed by atoms with E-state index in [0.717, 1.165) is 27.4 Å². The van der Waals surface area contributed by atoms with Gasteiger partial charge in [-0.05, 0) is 18.9 Å². The molecule has 1 heterocycles. The second-order valence-corrected chi connectivity index (χ2v) is 5.84. The third kappa shape index (κ3) is 3.65. The van der Waals surface area contributed by atoms with E-state index in [2.05, 4.69) is 17.2 Å². The number of carbonyl (C=O) groups is 1. The van der Waals surface area contributed by atoms with Crippen molar-refractivity contribution in [1.82, 2.24) is 10.3 Å². The highest BCUT2D eigenvalue weighted by atomic mass is 32.1. The van der Waals surface area contributed by atoms with Crippen LogP contribution in [0.25, 0.3) is 0 Å². The van der Waals surface area contributed by atoms with Crippen LogP contribution in [-0.2, 0) is 17.8 Å². The van der Waals surface area contributed by atoms with Crippen molar-refractivity contribution in [3.63, 3.8) is 0 Å². The molecule has 0 spiro atoms. The van der Waals surface area contributed by atoms with Gasteiger partial charge in [0.05, 0.1) is 5.01 Å². The summed E-state index contributed by atoms with van der Waals surface area (Å²) in [6, 6.07) is 6.88. The lowest BCUT2D eigenvalue weighted by Crippen LogP contribution is -2.27. The topological polar surface area (TPSA) is 62.2 Å². The van der Waals surface area contributed by atoms with Gasteiger partial charge in [-0.15, -0.1) is 11.3 Å². The number of hydrogen-bond donors (Lipinski definition) is 2. The third-order valence-electron chi connectivity index (χ3n) is 3.01. The van der Waals surface area contributed by atoms with Gasteiger partial charge in [-0.25, -0.2) is 4.98 Å². The van der Waals surface area contributed by atoms with Crippen LogP contribution in [0.4, 0.5) is 0 Å². The van der Waals surface area contributed by atoms with Crippen molar-refractivity contribution in [2.75, 3.05) is 0 Å². The second-order valence-electron chi connectivity index (χ2n) is 4.64. The molecule has 2 aromatic rings. The van der Waals surface area contributed by atoms with Crippen LogP contribution in [-0.4, -0.2) is 16.1 Å². The molecule has 0 amide bonds. The number of aryl methyl sites for hydroxylation is 2. The van der Waals surface area contributed by atoms with Gasteiger partial charge < -0.3 is 5.11 Å². The molecule has 2 N–H and O–H groups in total. The first-order valence-corrected chi connectivity index (χ1v) is 7.38. The van der Waals surface area contributed by atoms with E-state index >= 15 is 0 Å². The van der Waals surface area contributed by atoms with Crippen LogP contribution in [0, 0.1) is 6.92 Å². The van der Waals surface area contributed by atoms with Crippen LogP contribution in [0.3, 0.4) is 0 Å². The molecular formula is C15H18N2O2S. The minimum atomic E-state index is -0.865. The van der Waals surface area contributed by atoms with Gasteiger partial charge in [0.25, 0.3) is 0 Å². The molecule has 0 bridgehead atoms. The molecular weight excluding hydrogens is 272 g/mol. The highest BCUT2D eigenvalue weighted by Crippen LogP contribution is 2.18. The van der Waals surface area contributed by atoms with E-state index in [1.54, 1.807) is 11.3 Å². The van der Waals surface area contributed by atoms with Crippen LogP contribution in [0.5, 0.6) is 0 Å². The fourth-order valence-corrected chi connectivity index (χ4v) is 2.81. The lowest BCUT2D eigenvalue weighted by Gasteiger charge is -2.14. The highest BCUT2D eigenvalue weighted by molar-refractivity contribution is 7.11. The minimum Gasteiger partial charge on any atom is -0.480 e. The molecule has 5 heteroatoms. The van der Waals surface area contributed by atoms with Crippen molar-refractivity contribution >= 4 is 17.3 Å². The highest BCUT2D eigenvalue weighted by Gasteiger charge is 2.19. The van der Waals surface area contributed by atoms with Crippen molar-refractivity contribution in [2.24, 2.45) is 0 Å². The summed E-state index contributed by atoms with van der Waals surface area (Å²) in [5, 5.41) is 13.5. The number of benzene rings is 1. The summed E-state index contributed by atoms with van der Waals surface area (Å²) in [6.07, 6.45) is 2.72. The fraction of sp³-hybridized carbons (Fsp3) is 0.333. The molecule has 0 aliphatic carbocycles. The molecule has 0 aliphatic rings. The Hall–Kier alpha value is -1.72. The summed E-state index contributed by atoms with van der Waals surface area (Å²) in [4.78, 5) is 16.8. The summed E-state index contributed by atoms with van der Waals surface area (Å²) >= 11 is 1.62. The Balaban J connectivity index is 2.08. The zero-order valence-corrected chi connectivity index (χ0v) is 12.4. The summed E-state index contributed by atoms with van der Waals surface area (Å²) in [5.41, 5.74) is 1.83. The van der Waals surface area contributed by atoms with Gasteiger partial charge >= 0.3 is 5.97 Å². The zero-order valence-electron chi connectivity index (χ0n) is 11.6. The van der Waals surface area contributed by atoms with Crippen molar-refractivity contribution in [3.05, 3.63) is 51.5 Å². The van der Waals surface area contributed by atoms with E-state index in [4.69, 9.17) is 0 Å². The molecule has 0 saturated heterocycles. The summed E-state index contributed by atoms with van der Waals surface area (Å²) < 4.78 is 0. The van der Waals surface area contributed by atoms with Crippen molar-refractivity contribution < 1.29 is 9.90 Å². The van der Waals surface area contributed by atoms with E-state index in [9.17, 15) is 9.90 Å². The minimum absolute atomic E-state index is 0.516. The number of carboxylic acid groups (broad SMARTS) is 1. The third-order valence-corrected chi connectivity index (χ3v) is 4.15. The van der Waals surface area contributed by atoms with E-state index < -0.39 is 12.0 Å². The number of nitrogens with one attached hydrogen (secondary N) is 1. The molecule has 20 heavy (non-hydrogen) atoms. The van der Waals surface area contributed by atoms with Crippen LogP contribution < -0.4 is 5.32 Å². The Morgan fingerprint density at radius 2 is 2.30 bits per heavy atom. The summed E-state index contributed by atoms with van der Waals surface area (Å²) in [5.74, 6) is -0.865. The molecule has 0 radical (unpaired) electrons. The normalized spacial score (nSPS) is 12.3. The molecule has 1 atom stereocenters. The SMILES string of the molecule is CCc1ncc(CNC(C(=O)O)c2cccc(C)c2)s1. The second kappa shape index (κ2) is 6.63. The van der Waals surface area contributed by atoms with Gasteiger partial charge in [0.1, 0.15) is 6.04 Å². The predicted octanol–water partition coefficient (Wildman–Crippen LogP) is 2.93. The van der Waals surface area contributed by atoms with Crippen LogP contribution in [0.1, 0.15) is 34.0 Å². The Morgan fingerprint density at radius 1 is 1.50 bits per heavy atom. The van der Waals surface area contributed by atoms with Gasteiger partial charge in [0.2, 0.25) is 0 Å².